The van der Waals surface area contributed by atoms with E-state index in [1.54, 1.807) is 0 Å². The van der Waals surface area contributed by atoms with Gasteiger partial charge in [0.1, 0.15) is 0 Å². The number of ether oxygens (including phenoxy) is 2. The van der Waals surface area contributed by atoms with Crippen molar-refractivity contribution in [2.75, 3.05) is 13.2 Å². The molecule has 1 saturated heterocycles. The number of aryl methyl sites for hydroxylation is 1. The fourth-order valence-electron chi connectivity index (χ4n) is 2.89. The minimum Gasteiger partial charge on any atom is -0.347 e. The molecule has 3 rings (SSSR count). The highest BCUT2D eigenvalue weighted by molar-refractivity contribution is 5.32. The molecule has 1 aliphatic carbocycles. The van der Waals surface area contributed by atoms with Crippen molar-refractivity contribution in [2.24, 2.45) is 5.73 Å². The molecule has 1 spiro atoms. The van der Waals surface area contributed by atoms with E-state index in [0.29, 0.717) is 13.2 Å². The van der Waals surface area contributed by atoms with Crippen LogP contribution in [0.25, 0.3) is 0 Å². The number of nitrogens with two attached hydrogens (primary N) is 1. The van der Waals surface area contributed by atoms with Gasteiger partial charge in [0.25, 0.3) is 0 Å². The van der Waals surface area contributed by atoms with Crippen molar-refractivity contribution >= 4 is 0 Å². The van der Waals surface area contributed by atoms with Gasteiger partial charge in [-0.15, -0.1) is 0 Å². The summed E-state index contributed by atoms with van der Waals surface area (Å²) >= 11 is 0. The SMILES string of the molecule is CCc1ccc(C2(N)CC3(C2)OCCO3)cc1. The summed E-state index contributed by atoms with van der Waals surface area (Å²) in [7, 11) is 0. The number of hydrogen-bond acceptors (Lipinski definition) is 3. The summed E-state index contributed by atoms with van der Waals surface area (Å²) in [4.78, 5) is 0. The van der Waals surface area contributed by atoms with Gasteiger partial charge in [0, 0.05) is 12.8 Å². The van der Waals surface area contributed by atoms with Crippen LogP contribution in [0.3, 0.4) is 0 Å². The molecule has 0 atom stereocenters. The molecule has 1 aromatic carbocycles. The van der Waals surface area contributed by atoms with Crippen LogP contribution < -0.4 is 5.73 Å². The highest BCUT2D eigenvalue weighted by atomic mass is 16.7. The first kappa shape index (κ1) is 11.2. The molecule has 1 saturated carbocycles. The van der Waals surface area contributed by atoms with Gasteiger partial charge in [0.05, 0.1) is 18.8 Å². The molecule has 3 heteroatoms. The number of benzene rings is 1. The Bertz CT molecular complexity index is 399. The molecule has 2 aliphatic rings. The van der Waals surface area contributed by atoms with E-state index < -0.39 is 0 Å². The van der Waals surface area contributed by atoms with Crippen LogP contribution in [0.4, 0.5) is 0 Å². The third kappa shape index (κ3) is 1.79. The summed E-state index contributed by atoms with van der Waals surface area (Å²) in [6, 6.07) is 8.60. The summed E-state index contributed by atoms with van der Waals surface area (Å²) in [5.41, 5.74) is 8.68. The lowest BCUT2D eigenvalue weighted by Crippen LogP contribution is -2.60. The van der Waals surface area contributed by atoms with Gasteiger partial charge in [0.15, 0.2) is 5.79 Å². The zero-order chi connectivity index (χ0) is 11.9. The van der Waals surface area contributed by atoms with E-state index in [9.17, 15) is 0 Å². The lowest BCUT2D eigenvalue weighted by Gasteiger charge is -2.50. The van der Waals surface area contributed by atoms with Crippen molar-refractivity contribution in [2.45, 2.75) is 37.5 Å². The molecule has 2 N–H and O–H groups in total. The van der Waals surface area contributed by atoms with Crippen LogP contribution in [0.1, 0.15) is 30.9 Å². The second kappa shape index (κ2) is 3.80. The maximum Gasteiger partial charge on any atom is 0.172 e. The molecule has 1 heterocycles. The second-order valence-electron chi connectivity index (χ2n) is 5.17. The van der Waals surface area contributed by atoms with Gasteiger partial charge >= 0.3 is 0 Å². The summed E-state index contributed by atoms with van der Waals surface area (Å²) in [6.07, 6.45) is 2.60. The van der Waals surface area contributed by atoms with Gasteiger partial charge in [-0.05, 0) is 17.5 Å². The van der Waals surface area contributed by atoms with Gasteiger partial charge in [-0.25, -0.2) is 0 Å². The normalized spacial score (nSPS) is 24.8. The standard InChI is InChI=1S/C14H19NO2/c1-2-11-3-5-12(6-4-11)13(15)9-14(10-13)16-7-8-17-14/h3-6H,2,7-10,15H2,1H3. The van der Waals surface area contributed by atoms with Gasteiger partial charge in [0.2, 0.25) is 0 Å². The number of hydrogen-bond donors (Lipinski definition) is 1. The van der Waals surface area contributed by atoms with Crippen molar-refractivity contribution in [3.63, 3.8) is 0 Å². The van der Waals surface area contributed by atoms with E-state index in [2.05, 4.69) is 31.2 Å². The van der Waals surface area contributed by atoms with Gasteiger partial charge < -0.3 is 15.2 Å². The molecule has 92 valence electrons. The minimum atomic E-state index is -0.377. The Morgan fingerprint density at radius 3 is 2.24 bits per heavy atom. The molecular formula is C14H19NO2. The predicted octanol–water partition coefficient (Wildman–Crippen LogP) is 1.94. The Balaban J connectivity index is 1.76. The van der Waals surface area contributed by atoms with Crippen LogP contribution in [0.5, 0.6) is 0 Å². The largest absolute Gasteiger partial charge is 0.347 e. The van der Waals surface area contributed by atoms with E-state index in [0.717, 1.165) is 19.3 Å². The highest BCUT2D eigenvalue weighted by Crippen LogP contribution is 2.50. The monoisotopic (exact) mass is 233 g/mol. The Hall–Kier alpha value is -0.900. The van der Waals surface area contributed by atoms with Gasteiger partial charge in [-0.1, -0.05) is 31.2 Å². The van der Waals surface area contributed by atoms with Gasteiger partial charge in [-0.2, -0.15) is 0 Å². The van der Waals surface area contributed by atoms with Crippen LogP contribution in [-0.2, 0) is 21.4 Å². The molecule has 0 radical (unpaired) electrons. The van der Waals surface area contributed by atoms with E-state index in [4.69, 9.17) is 15.2 Å². The van der Waals surface area contributed by atoms with E-state index >= 15 is 0 Å². The third-order valence-corrected chi connectivity index (χ3v) is 3.92. The molecule has 1 aliphatic heterocycles. The third-order valence-electron chi connectivity index (χ3n) is 3.92. The van der Waals surface area contributed by atoms with Crippen molar-refractivity contribution in [3.8, 4) is 0 Å². The van der Waals surface area contributed by atoms with Crippen molar-refractivity contribution in [1.29, 1.82) is 0 Å². The Morgan fingerprint density at radius 2 is 1.71 bits per heavy atom. The average Bonchev–Trinajstić information content (AvgIpc) is 2.77. The quantitative estimate of drug-likeness (QED) is 0.849. The Morgan fingerprint density at radius 1 is 1.12 bits per heavy atom. The molecule has 0 amide bonds. The number of rotatable bonds is 2. The molecule has 0 bridgehead atoms. The van der Waals surface area contributed by atoms with Gasteiger partial charge in [-0.3, -0.25) is 0 Å². The first-order valence-electron chi connectivity index (χ1n) is 6.32. The fourth-order valence-corrected chi connectivity index (χ4v) is 2.89. The summed E-state index contributed by atoms with van der Waals surface area (Å²) in [5.74, 6) is -0.377. The molecule has 0 unspecified atom stereocenters. The second-order valence-corrected chi connectivity index (χ2v) is 5.17. The average molecular weight is 233 g/mol. The summed E-state index contributed by atoms with van der Waals surface area (Å²) in [5, 5.41) is 0. The van der Waals surface area contributed by atoms with E-state index in [1.807, 2.05) is 0 Å². The molecule has 17 heavy (non-hydrogen) atoms. The maximum atomic E-state index is 6.41. The lowest BCUT2D eigenvalue weighted by molar-refractivity contribution is -0.239. The first-order chi connectivity index (χ1) is 8.16. The van der Waals surface area contributed by atoms with Crippen molar-refractivity contribution in [3.05, 3.63) is 35.4 Å². The lowest BCUT2D eigenvalue weighted by atomic mass is 9.68. The summed E-state index contributed by atoms with van der Waals surface area (Å²) in [6.45, 7) is 3.56. The predicted molar refractivity (Wildman–Crippen MR) is 65.6 cm³/mol. The van der Waals surface area contributed by atoms with E-state index in [-0.39, 0.29) is 11.3 Å². The zero-order valence-corrected chi connectivity index (χ0v) is 10.2. The summed E-state index contributed by atoms with van der Waals surface area (Å²) < 4.78 is 11.3. The highest BCUT2D eigenvalue weighted by Gasteiger charge is 2.57. The van der Waals surface area contributed by atoms with Crippen molar-refractivity contribution in [1.82, 2.24) is 0 Å². The minimum absolute atomic E-state index is 0.267. The zero-order valence-electron chi connectivity index (χ0n) is 10.2. The van der Waals surface area contributed by atoms with Crippen LogP contribution in [0.15, 0.2) is 24.3 Å². The van der Waals surface area contributed by atoms with E-state index in [1.165, 1.54) is 11.1 Å². The molecule has 1 aromatic rings. The topological polar surface area (TPSA) is 44.5 Å². The molecule has 3 nitrogen and oxygen atoms in total. The Kier molecular flexibility index (Phi) is 2.51. The molecular weight excluding hydrogens is 214 g/mol. The smallest absolute Gasteiger partial charge is 0.172 e. The van der Waals surface area contributed by atoms with Crippen LogP contribution in [0.2, 0.25) is 0 Å². The molecule has 2 fully saturated rings. The Labute approximate surface area is 102 Å². The van der Waals surface area contributed by atoms with Crippen molar-refractivity contribution < 1.29 is 9.47 Å². The van der Waals surface area contributed by atoms with Crippen LogP contribution in [0, 0.1) is 0 Å². The van der Waals surface area contributed by atoms with Crippen LogP contribution >= 0.6 is 0 Å². The maximum absolute atomic E-state index is 6.41. The first-order valence-corrected chi connectivity index (χ1v) is 6.32. The van der Waals surface area contributed by atoms with Crippen LogP contribution in [-0.4, -0.2) is 19.0 Å². The fraction of sp³-hybridized carbons (Fsp3) is 0.571. The molecule has 0 aromatic heterocycles.